The van der Waals surface area contributed by atoms with Crippen molar-refractivity contribution < 1.29 is 0 Å². The van der Waals surface area contributed by atoms with E-state index in [1.165, 1.54) is 11.1 Å². The van der Waals surface area contributed by atoms with E-state index in [1.807, 2.05) is 18.2 Å². The summed E-state index contributed by atoms with van der Waals surface area (Å²) in [6.45, 7) is 0. The predicted molar refractivity (Wildman–Crippen MR) is 67.1 cm³/mol. The number of aromatic nitrogens is 1. The van der Waals surface area contributed by atoms with Gasteiger partial charge in [0.15, 0.2) is 0 Å². The molecule has 0 spiro atoms. The van der Waals surface area contributed by atoms with Gasteiger partial charge in [0.1, 0.15) is 5.82 Å². The third-order valence-electron chi connectivity index (χ3n) is 2.62. The molecule has 2 aromatic rings. The molecule has 0 fully saturated rings. The minimum atomic E-state index is 0.609. The van der Waals surface area contributed by atoms with Crippen molar-refractivity contribution in [2.24, 2.45) is 0 Å². The Morgan fingerprint density at radius 2 is 1.69 bits per heavy atom. The van der Waals surface area contributed by atoms with Crippen LogP contribution in [-0.2, 0) is 12.8 Å². The summed E-state index contributed by atoms with van der Waals surface area (Å²) in [5.74, 6) is 0.609. The van der Waals surface area contributed by atoms with Crippen LogP contribution in [0.3, 0.4) is 0 Å². The topological polar surface area (TPSA) is 38.9 Å². The number of pyridine rings is 1. The molecule has 0 aliphatic rings. The van der Waals surface area contributed by atoms with Gasteiger partial charge in [-0.25, -0.2) is 4.98 Å². The fraction of sp³-hybridized carbons (Fsp3) is 0.214. The fourth-order valence-corrected chi connectivity index (χ4v) is 1.79. The van der Waals surface area contributed by atoms with Gasteiger partial charge in [-0.3, -0.25) is 0 Å². The Morgan fingerprint density at radius 3 is 2.44 bits per heavy atom. The zero-order chi connectivity index (χ0) is 11.2. The fourth-order valence-electron chi connectivity index (χ4n) is 1.79. The lowest BCUT2D eigenvalue weighted by molar-refractivity contribution is 0.820. The van der Waals surface area contributed by atoms with E-state index in [1.54, 1.807) is 6.20 Å². The highest BCUT2D eigenvalue weighted by Crippen LogP contribution is 2.09. The van der Waals surface area contributed by atoms with Gasteiger partial charge in [-0.1, -0.05) is 30.3 Å². The Kier molecular flexibility index (Phi) is 3.54. The van der Waals surface area contributed by atoms with Crippen LogP contribution in [0.2, 0.25) is 0 Å². The molecule has 0 saturated carbocycles. The first kappa shape index (κ1) is 10.7. The molecule has 82 valence electrons. The van der Waals surface area contributed by atoms with Gasteiger partial charge in [-0.2, -0.15) is 0 Å². The zero-order valence-electron chi connectivity index (χ0n) is 9.26. The van der Waals surface area contributed by atoms with Crippen molar-refractivity contribution >= 4 is 5.82 Å². The van der Waals surface area contributed by atoms with E-state index in [0.717, 1.165) is 19.3 Å². The van der Waals surface area contributed by atoms with Crippen molar-refractivity contribution in [3.63, 3.8) is 0 Å². The summed E-state index contributed by atoms with van der Waals surface area (Å²) in [5.41, 5.74) is 8.29. The Hall–Kier alpha value is -1.83. The van der Waals surface area contributed by atoms with E-state index in [9.17, 15) is 0 Å². The van der Waals surface area contributed by atoms with Crippen LogP contribution in [0.25, 0.3) is 0 Å². The molecule has 16 heavy (non-hydrogen) atoms. The van der Waals surface area contributed by atoms with Crippen LogP contribution in [-0.4, -0.2) is 4.98 Å². The lowest BCUT2D eigenvalue weighted by Gasteiger charge is -2.02. The second-order valence-corrected chi connectivity index (χ2v) is 3.93. The van der Waals surface area contributed by atoms with Crippen molar-refractivity contribution in [2.45, 2.75) is 19.3 Å². The third kappa shape index (κ3) is 3.09. The molecule has 0 aliphatic carbocycles. The smallest absolute Gasteiger partial charge is 0.123 e. The second-order valence-electron chi connectivity index (χ2n) is 3.93. The molecule has 0 bridgehead atoms. The molecule has 1 aromatic heterocycles. The average molecular weight is 212 g/mol. The maximum Gasteiger partial charge on any atom is 0.123 e. The van der Waals surface area contributed by atoms with Crippen LogP contribution in [0.5, 0.6) is 0 Å². The van der Waals surface area contributed by atoms with Gasteiger partial charge in [0.2, 0.25) is 0 Å². The number of nitrogens with zero attached hydrogens (tertiary/aromatic N) is 1. The summed E-state index contributed by atoms with van der Waals surface area (Å²) >= 11 is 0. The maximum absolute atomic E-state index is 5.63. The first-order valence-corrected chi connectivity index (χ1v) is 5.59. The summed E-state index contributed by atoms with van der Waals surface area (Å²) in [6.07, 6.45) is 5.09. The van der Waals surface area contributed by atoms with Crippen LogP contribution in [0.4, 0.5) is 5.82 Å². The largest absolute Gasteiger partial charge is 0.384 e. The van der Waals surface area contributed by atoms with Crippen molar-refractivity contribution in [2.75, 3.05) is 5.73 Å². The minimum Gasteiger partial charge on any atom is -0.384 e. The molecule has 2 rings (SSSR count). The molecule has 0 atom stereocenters. The number of hydrogen-bond donors (Lipinski definition) is 1. The summed E-state index contributed by atoms with van der Waals surface area (Å²) in [7, 11) is 0. The summed E-state index contributed by atoms with van der Waals surface area (Å²) < 4.78 is 0. The molecular formula is C14H16N2. The molecule has 0 aliphatic heterocycles. The number of benzene rings is 1. The predicted octanol–water partition coefficient (Wildman–Crippen LogP) is 2.84. The molecule has 0 radical (unpaired) electrons. The van der Waals surface area contributed by atoms with Crippen molar-refractivity contribution in [3.8, 4) is 0 Å². The summed E-state index contributed by atoms with van der Waals surface area (Å²) in [6, 6.07) is 14.5. The Balaban J connectivity index is 1.85. The highest BCUT2D eigenvalue weighted by atomic mass is 14.8. The van der Waals surface area contributed by atoms with E-state index >= 15 is 0 Å². The van der Waals surface area contributed by atoms with E-state index in [0.29, 0.717) is 5.82 Å². The monoisotopic (exact) mass is 212 g/mol. The van der Waals surface area contributed by atoms with Gasteiger partial charge in [0.05, 0.1) is 0 Å². The highest BCUT2D eigenvalue weighted by molar-refractivity contribution is 5.31. The third-order valence-corrected chi connectivity index (χ3v) is 2.62. The van der Waals surface area contributed by atoms with E-state index in [2.05, 4.69) is 29.2 Å². The van der Waals surface area contributed by atoms with Gasteiger partial charge in [-0.05, 0) is 42.5 Å². The first-order chi connectivity index (χ1) is 7.84. The van der Waals surface area contributed by atoms with Crippen LogP contribution in [0, 0.1) is 0 Å². The number of nitrogen functional groups attached to an aromatic ring is 1. The molecule has 2 N–H and O–H groups in total. The number of aryl methyl sites for hydroxylation is 2. The summed E-state index contributed by atoms with van der Waals surface area (Å²) in [5, 5.41) is 0. The molecule has 2 heteroatoms. The number of nitrogens with two attached hydrogens (primary N) is 1. The molecular weight excluding hydrogens is 196 g/mol. The average Bonchev–Trinajstić information content (AvgIpc) is 2.30. The van der Waals surface area contributed by atoms with E-state index in [-0.39, 0.29) is 0 Å². The number of rotatable bonds is 4. The van der Waals surface area contributed by atoms with E-state index < -0.39 is 0 Å². The number of anilines is 1. The maximum atomic E-state index is 5.63. The van der Waals surface area contributed by atoms with Crippen molar-refractivity contribution in [3.05, 3.63) is 59.8 Å². The molecule has 1 aromatic carbocycles. The van der Waals surface area contributed by atoms with Gasteiger partial charge in [-0.15, -0.1) is 0 Å². The van der Waals surface area contributed by atoms with Crippen molar-refractivity contribution in [1.82, 2.24) is 4.98 Å². The van der Waals surface area contributed by atoms with Crippen LogP contribution in [0.15, 0.2) is 48.7 Å². The molecule has 0 saturated heterocycles. The zero-order valence-corrected chi connectivity index (χ0v) is 9.26. The van der Waals surface area contributed by atoms with Crippen LogP contribution in [0.1, 0.15) is 17.5 Å². The Morgan fingerprint density at radius 1 is 0.938 bits per heavy atom. The van der Waals surface area contributed by atoms with E-state index in [4.69, 9.17) is 5.73 Å². The molecule has 0 unspecified atom stereocenters. The first-order valence-electron chi connectivity index (χ1n) is 5.59. The van der Waals surface area contributed by atoms with Crippen molar-refractivity contribution in [1.29, 1.82) is 0 Å². The number of hydrogen-bond acceptors (Lipinski definition) is 2. The molecule has 0 amide bonds. The quantitative estimate of drug-likeness (QED) is 0.846. The normalized spacial score (nSPS) is 10.2. The second kappa shape index (κ2) is 5.31. The Bertz CT molecular complexity index is 437. The lowest BCUT2D eigenvalue weighted by atomic mass is 10.0. The molecule has 1 heterocycles. The van der Waals surface area contributed by atoms with Crippen LogP contribution < -0.4 is 5.73 Å². The highest BCUT2D eigenvalue weighted by Gasteiger charge is 1.96. The Labute approximate surface area is 96.1 Å². The van der Waals surface area contributed by atoms with Crippen LogP contribution >= 0.6 is 0 Å². The summed E-state index contributed by atoms with van der Waals surface area (Å²) in [4.78, 5) is 3.98. The molecule has 2 nitrogen and oxygen atoms in total. The lowest BCUT2D eigenvalue weighted by Crippen LogP contribution is -1.94. The minimum absolute atomic E-state index is 0.609. The SMILES string of the molecule is Nc1cc(CCCc2ccccc2)ccn1. The van der Waals surface area contributed by atoms with Gasteiger partial charge in [0, 0.05) is 6.20 Å². The van der Waals surface area contributed by atoms with Gasteiger partial charge < -0.3 is 5.73 Å². The van der Waals surface area contributed by atoms with Gasteiger partial charge >= 0.3 is 0 Å². The van der Waals surface area contributed by atoms with Gasteiger partial charge in [0.25, 0.3) is 0 Å². The standard InChI is InChI=1S/C14H16N2/c15-14-11-13(9-10-16-14)8-4-7-12-5-2-1-3-6-12/h1-3,5-6,9-11H,4,7-8H2,(H2,15,16).